The minimum Gasteiger partial charge on any atom is -0.486 e. The van der Waals surface area contributed by atoms with Crippen LogP contribution in [0.15, 0.2) is 81.7 Å². The van der Waals surface area contributed by atoms with Crippen molar-refractivity contribution in [1.29, 1.82) is 0 Å². The summed E-state index contributed by atoms with van der Waals surface area (Å²) in [4.78, 5) is 23.6. The van der Waals surface area contributed by atoms with Gasteiger partial charge in [-0.1, -0.05) is 27.5 Å². The molecular formula is C25H18BrClN2O6. The average Bonchev–Trinajstić information content (AvgIpc) is 3.30. The number of benzene rings is 3. The number of aryl methyl sites for hydroxylation is 1. The molecule has 35 heavy (non-hydrogen) atoms. The number of halogens is 2. The number of carbonyl (C=O) groups is 1. The molecule has 8 nitrogen and oxygen atoms in total. The number of anilines is 1. The van der Waals surface area contributed by atoms with E-state index >= 15 is 0 Å². The number of nitrogens with one attached hydrogen (secondary N) is 1. The molecule has 0 saturated heterocycles. The predicted octanol–water partition coefficient (Wildman–Crippen LogP) is 7.54. The molecule has 0 radical (unpaired) electrons. The Kier molecular flexibility index (Phi) is 7.38. The molecule has 0 bridgehead atoms. The molecule has 0 unspecified atom stereocenters. The van der Waals surface area contributed by atoms with Gasteiger partial charge in [0.25, 0.3) is 11.6 Å². The third kappa shape index (κ3) is 6.40. The number of furan rings is 1. The van der Waals surface area contributed by atoms with Crippen LogP contribution in [0.25, 0.3) is 0 Å². The maximum atomic E-state index is 12.7. The Labute approximate surface area is 213 Å². The van der Waals surface area contributed by atoms with Crippen molar-refractivity contribution in [3.63, 3.8) is 0 Å². The Bertz CT molecular complexity index is 1390. The second-order valence-electron chi connectivity index (χ2n) is 7.45. The van der Waals surface area contributed by atoms with E-state index in [0.717, 1.165) is 10.0 Å². The summed E-state index contributed by atoms with van der Waals surface area (Å²) in [5, 5.41) is 14.6. The predicted molar refractivity (Wildman–Crippen MR) is 134 cm³/mol. The van der Waals surface area contributed by atoms with Crippen molar-refractivity contribution in [2.45, 2.75) is 13.5 Å². The van der Waals surface area contributed by atoms with E-state index in [4.69, 9.17) is 25.5 Å². The maximum absolute atomic E-state index is 12.7. The van der Waals surface area contributed by atoms with Crippen LogP contribution in [0.4, 0.5) is 11.4 Å². The van der Waals surface area contributed by atoms with Gasteiger partial charge in [-0.2, -0.15) is 0 Å². The molecule has 0 spiro atoms. The van der Waals surface area contributed by atoms with Crippen LogP contribution in [0.2, 0.25) is 5.02 Å². The summed E-state index contributed by atoms with van der Waals surface area (Å²) >= 11 is 9.33. The van der Waals surface area contributed by atoms with Crippen LogP contribution in [0.5, 0.6) is 17.2 Å². The summed E-state index contributed by atoms with van der Waals surface area (Å²) < 4.78 is 18.0. The second-order valence-corrected chi connectivity index (χ2v) is 8.80. The molecule has 0 fully saturated rings. The van der Waals surface area contributed by atoms with Gasteiger partial charge in [-0.25, -0.2) is 0 Å². The van der Waals surface area contributed by atoms with Gasteiger partial charge < -0.3 is 19.2 Å². The first-order valence-electron chi connectivity index (χ1n) is 10.3. The van der Waals surface area contributed by atoms with E-state index in [1.165, 1.54) is 24.3 Å². The van der Waals surface area contributed by atoms with E-state index in [9.17, 15) is 14.9 Å². The van der Waals surface area contributed by atoms with Gasteiger partial charge in [-0.15, -0.1) is 0 Å². The molecule has 10 heteroatoms. The Morgan fingerprint density at radius 2 is 1.83 bits per heavy atom. The number of nitrogens with zero attached hydrogens (tertiary/aromatic N) is 1. The fourth-order valence-corrected chi connectivity index (χ4v) is 3.62. The smallest absolute Gasteiger partial charge is 0.291 e. The lowest BCUT2D eigenvalue weighted by atomic mass is 10.2. The Morgan fingerprint density at radius 3 is 2.54 bits per heavy atom. The third-order valence-corrected chi connectivity index (χ3v) is 5.57. The van der Waals surface area contributed by atoms with Crippen molar-refractivity contribution in [2.75, 3.05) is 5.32 Å². The van der Waals surface area contributed by atoms with E-state index < -0.39 is 10.8 Å². The van der Waals surface area contributed by atoms with Gasteiger partial charge in [0.2, 0.25) is 0 Å². The average molecular weight is 558 g/mol. The highest BCUT2D eigenvalue weighted by atomic mass is 79.9. The summed E-state index contributed by atoms with van der Waals surface area (Å²) in [6.45, 7) is 1.93. The molecule has 0 saturated carbocycles. The third-order valence-electron chi connectivity index (χ3n) is 4.80. The SMILES string of the molecule is Cc1cc(Cl)ccc1Oc1cc(NC(=O)c2ccc(COc3ccc(Br)cc3)o2)cc([N+](=O)[O-])c1. The van der Waals surface area contributed by atoms with Crippen molar-refractivity contribution >= 4 is 44.8 Å². The lowest BCUT2D eigenvalue weighted by molar-refractivity contribution is -0.384. The van der Waals surface area contributed by atoms with Crippen molar-refractivity contribution in [3.05, 3.63) is 109 Å². The van der Waals surface area contributed by atoms with E-state index in [1.807, 2.05) is 12.1 Å². The lowest BCUT2D eigenvalue weighted by Gasteiger charge is -2.11. The maximum Gasteiger partial charge on any atom is 0.291 e. The van der Waals surface area contributed by atoms with Crippen molar-refractivity contribution in [1.82, 2.24) is 0 Å². The quantitative estimate of drug-likeness (QED) is 0.177. The second kappa shape index (κ2) is 10.6. The van der Waals surface area contributed by atoms with Crippen molar-refractivity contribution in [2.24, 2.45) is 0 Å². The Morgan fingerprint density at radius 1 is 1.06 bits per heavy atom. The standard InChI is InChI=1S/C25H18BrClN2O6/c1-15-10-17(27)4-8-23(15)35-22-12-18(11-19(13-22)29(31)32)28-25(30)24-9-7-21(34-24)14-33-20-5-2-16(26)3-6-20/h2-13H,14H2,1H3,(H,28,30). The normalized spacial score (nSPS) is 10.6. The zero-order valence-electron chi connectivity index (χ0n) is 18.3. The van der Waals surface area contributed by atoms with Gasteiger partial charge in [0.1, 0.15) is 29.6 Å². The van der Waals surface area contributed by atoms with Gasteiger partial charge in [-0.3, -0.25) is 14.9 Å². The summed E-state index contributed by atoms with van der Waals surface area (Å²) in [7, 11) is 0. The van der Waals surface area contributed by atoms with Gasteiger partial charge in [0, 0.05) is 21.6 Å². The molecular weight excluding hydrogens is 540 g/mol. The fraction of sp³-hybridized carbons (Fsp3) is 0.0800. The number of non-ortho nitro benzene ring substituents is 1. The van der Waals surface area contributed by atoms with E-state index in [2.05, 4.69) is 21.2 Å². The molecule has 0 aliphatic carbocycles. The van der Waals surface area contributed by atoms with Gasteiger partial charge >= 0.3 is 0 Å². The molecule has 178 valence electrons. The molecule has 4 rings (SSSR count). The van der Waals surface area contributed by atoms with Crippen molar-refractivity contribution in [3.8, 4) is 17.2 Å². The van der Waals surface area contributed by atoms with Crippen LogP contribution in [0.1, 0.15) is 21.9 Å². The highest BCUT2D eigenvalue weighted by molar-refractivity contribution is 9.10. The number of carbonyl (C=O) groups excluding carboxylic acids is 1. The monoisotopic (exact) mass is 556 g/mol. The van der Waals surface area contributed by atoms with Gasteiger partial charge in [0.05, 0.1) is 16.7 Å². The summed E-state index contributed by atoms with van der Waals surface area (Å²) in [6, 6.07) is 19.4. The number of hydrogen-bond acceptors (Lipinski definition) is 6. The molecule has 0 atom stereocenters. The minimum absolute atomic E-state index is 0.0296. The van der Waals surface area contributed by atoms with Gasteiger partial charge in [0.15, 0.2) is 5.76 Å². The summed E-state index contributed by atoms with van der Waals surface area (Å²) in [5.74, 6) is 1.21. The zero-order valence-corrected chi connectivity index (χ0v) is 20.6. The number of ether oxygens (including phenoxy) is 2. The zero-order chi connectivity index (χ0) is 24.9. The first kappa shape index (κ1) is 24.3. The number of nitro groups is 1. The Hall–Kier alpha value is -3.82. The summed E-state index contributed by atoms with van der Waals surface area (Å²) in [5.41, 5.74) is 0.686. The molecule has 1 N–H and O–H groups in total. The van der Waals surface area contributed by atoms with Crippen LogP contribution >= 0.6 is 27.5 Å². The molecule has 3 aromatic carbocycles. The van der Waals surface area contributed by atoms with E-state index in [-0.39, 0.29) is 29.5 Å². The topological polar surface area (TPSA) is 104 Å². The molecule has 1 amide bonds. The first-order valence-corrected chi connectivity index (χ1v) is 11.5. The molecule has 4 aromatic rings. The molecule has 0 aliphatic rings. The highest BCUT2D eigenvalue weighted by Gasteiger charge is 2.17. The van der Waals surface area contributed by atoms with Crippen LogP contribution in [-0.2, 0) is 6.61 Å². The van der Waals surface area contributed by atoms with Crippen LogP contribution < -0.4 is 14.8 Å². The number of amides is 1. The van der Waals surface area contributed by atoms with Crippen molar-refractivity contribution < 1.29 is 23.6 Å². The lowest BCUT2D eigenvalue weighted by Crippen LogP contribution is -2.11. The number of rotatable bonds is 8. The highest BCUT2D eigenvalue weighted by Crippen LogP contribution is 2.32. The number of hydrogen-bond donors (Lipinski definition) is 1. The van der Waals surface area contributed by atoms with Crippen LogP contribution in [0, 0.1) is 17.0 Å². The fourth-order valence-electron chi connectivity index (χ4n) is 3.13. The summed E-state index contributed by atoms with van der Waals surface area (Å²) in [6.07, 6.45) is 0. The van der Waals surface area contributed by atoms with Crippen LogP contribution in [-0.4, -0.2) is 10.8 Å². The first-order chi connectivity index (χ1) is 16.8. The molecule has 1 heterocycles. The largest absolute Gasteiger partial charge is 0.486 e. The van der Waals surface area contributed by atoms with E-state index in [0.29, 0.717) is 22.3 Å². The van der Waals surface area contributed by atoms with E-state index in [1.54, 1.807) is 43.3 Å². The molecule has 0 aliphatic heterocycles. The minimum atomic E-state index is -0.575. The van der Waals surface area contributed by atoms with Crippen LogP contribution in [0.3, 0.4) is 0 Å². The van der Waals surface area contributed by atoms with Gasteiger partial charge in [-0.05, 0) is 67.1 Å². The number of nitro benzene ring substituents is 1. The molecule has 1 aromatic heterocycles. The Balaban J connectivity index is 1.47.